The van der Waals surface area contributed by atoms with Crippen LogP contribution in [0.25, 0.3) is 21.5 Å². The fraction of sp³-hybridized carbons (Fsp3) is 0.263. The molecular weight excluding hydrogens is 256 g/mol. The Hall–Kier alpha value is -1.90. The van der Waals surface area contributed by atoms with Crippen molar-refractivity contribution >= 4 is 21.5 Å². The van der Waals surface area contributed by atoms with Crippen molar-refractivity contribution in [3.63, 3.8) is 0 Å². The standard InChI is InChI=1S/C19H19N2/c1-3-7-17-15(5-1)13-16-6-2-4-8-18(16)19(17)14-21-11-9-20-10-12-21/h1-8,13H,9-12,14H2. The number of piperazine rings is 1. The fourth-order valence-corrected chi connectivity index (χ4v) is 3.31. The van der Waals surface area contributed by atoms with Crippen molar-refractivity contribution in [3.8, 4) is 0 Å². The highest BCUT2D eigenvalue weighted by molar-refractivity contribution is 6.02. The van der Waals surface area contributed by atoms with Gasteiger partial charge in [-0.25, -0.2) is 5.32 Å². The molecule has 21 heavy (non-hydrogen) atoms. The summed E-state index contributed by atoms with van der Waals surface area (Å²) >= 11 is 0. The summed E-state index contributed by atoms with van der Waals surface area (Å²) in [5, 5.41) is 9.91. The Morgan fingerprint density at radius 1 is 0.810 bits per heavy atom. The maximum absolute atomic E-state index is 4.45. The van der Waals surface area contributed by atoms with Crippen LogP contribution in [0, 0.1) is 0 Å². The molecule has 0 aromatic heterocycles. The summed E-state index contributed by atoms with van der Waals surface area (Å²) in [5.41, 5.74) is 1.46. The Morgan fingerprint density at radius 2 is 1.38 bits per heavy atom. The van der Waals surface area contributed by atoms with Crippen LogP contribution >= 0.6 is 0 Å². The van der Waals surface area contributed by atoms with Crippen molar-refractivity contribution in [1.29, 1.82) is 0 Å². The van der Waals surface area contributed by atoms with E-state index in [0.717, 1.165) is 32.7 Å². The van der Waals surface area contributed by atoms with Crippen molar-refractivity contribution in [2.24, 2.45) is 0 Å². The minimum atomic E-state index is 0.975. The number of rotatable bonds is 2. The number of fused-ring (bicyclic) bond motifs is 2. The third-order valence-electron chi connectivity index (χ3n) is 4.41. The van der Waals surface area contributed by atoms with E-state index in [9.17, 15) is 0 Å². The smallest absolute Gasteiger partial charge is 0.0261 e. The van der Waals surface area contributed by atoms with E-state index in [1.54, 1.807) is 0 Å². The number of hydrogen-bond acceptors (Lipinski definition) is 1. The van der Waals surface area contributed by atoms with Crippen LogP contribution in [-0.2, 0) is 6.54 Å². The third kappa shape index (κ3) is 2.41. The van der Waals surface area contributed by atoms with Crippen LogP contribution in [0.3, 0.4) is 0 Å². The van der Waals surface area contributed by atoms with Crippen LogP contribution in [-0.4, -0.2) is 31.1 Å². The first-order valence-electron chi connectivity index (χ1n) is 7.67. The predicted octanol–water partition coefficient (Wildman–Crippen LogP) is 3.41. The lowest BCUT2D eigenvalue weighted by Crippen LogP contribution is -2.39. The highest BCUT2D eigenvalue weighted by atomic mass is 15.2. The molecule has 2 nitrogen and oxygen atoms in total. The van der Waals surface area contributed by atoms with Crippen molar-refractivity contribution in [1.82, 2.24) is 10.2 Å². The first-order chi connectivity index (χ1) is 10.4. The Bertz CT molecular complexity index is 719. The zero-order valence-corrected chi connectivity index (χ0v) is 12.1. The monoisotopic (exact) mass is 275 g/mol. The van der Waals surface area contributed by atoms with Gasteiger partial charge in [-0.2, -0.15) is 0 Å². The van der Waals surface area contributed by atoms with Gasteiger partial charge in [0, 0.05) is 32.7 Å². The molecule has 0 N–H and O–H groups in total. The van der Waals surface area contributed by atoms with E-state index in [1.807, 2.05) is 0 Å². The van der Waals surface area contributed by atoms with Crippen molar-refractivity contribution < 1.29 is 0 Å². The molecule has 4 rings (SSSR count). The summed E-state index contributed by atoms with van der Waals surface area (Å²) < 4.78 is 0. The van der Waals surface area contributed by atoms with E-state index in [-0.39, 0.29) is 0 Å². The van der Waals surface area contributed by atoms with E-state index < -0.39 is 0 Å². The minimum Gasteiger partial charge on any atom is -0.296 e. The highest BCUT2D eigenvalue weighted by Gasteiger charge is 2.14. The lowest BCUT2D eigenvalue weighted by atomic mass is 9.96. The molecule has 0 unspecified atom stereocenters. The van der Waals surface area contributed by atoms with Crippen molar-refractivity contribution in [2.45, 2.75) is 6.54 Å². The summed E-state index contributed by atoms with van der Waals surface area (Å²) in [5.74, 6) is 0. The summed E-state index contributed by atoms with van der Waals surface area (Å²) in [7, 11) is 0. The summed E-state index contributed by atoms with van der Waals surface area (Å²) in [4.78, 5) is 2.53. The molecule has 1 fully saturated rings. The predicted molar refractivity (Wildman–Crippen MR) is 88.6 cm³/mol. The van der Waals surface area contributed by atoms with Gasteiger partial charge in [0.25, 0.3) is 0 Å². The van der Waals surface area contributed by atoms with Gasteiger partial charge < -0.3 is 0 Å². The molecule has 1 saturated heterocycles. The average Bonchev–Trinajstić information content (AvgIpc) is 2.55. The molecule has 1 radical (unpaired) electrons. The maximum atomic E-state index is 4.45. The summed E-state index contributed by atoms with van der Waals surface area (Å²) in [6.07, 6.45) is 0. The van der Waals surface area contributed by atoms with E-state index >= 15 is 0 Å². The van der Waals surface area contributed by atoms with Crippen LogP contribution in [0.2, 0.25) is 0 Å². The lowest BCUT2D eigenvalue weighted by Gasteiger charge is -2.27. The second kappa shape index (κ2) is 5.47. The molecule has 0 saturated carbocycles. The van der Waals surface area contributed by atoms with Gasteiger partial charge in [-0.05, 0) is 33.2 Å². The lowest BCUT2D eigenvalue weighted by molar-refractivity contribution is 0.232. The Balaban J connectivity index is 1.89. The van der Waals surface area contributed by atoms with E-state index in [2.05, 4.69) is 64.8 Å². The zero-order chi connectivity index (χ0) is 14.1. The van der Waals surface area contributed by atoms with Gasteiger partial charge in [-0.3, -0.25) is 4.90 Å². The molecule has 3 aromatic rings. The molecule has 1 aliphatic rings. The fourth-order valence-electron chi connectivity index (χ4n) is 3.31. The SMILES string of the molecule is c1ccc2c(CN3CC[N]CC3)c3ccccc3cc2c1. The van der Waals surface area contributed by atoms with E-state index in [0.29, 0.717) is 0 Å². The van der Waals surface area contributed by atoms with Gasteiger partial charge in [0.15, 0.2) is 0 Å². The quantitative estimate of drug-likeness (QED) is 0.655. The largest absolute Gasteiger partial charge is 0.296 e. The van der Waals surface area contributed by atoms with Gasteiger partial charge in [-0.1, -0.05) is 48.5 Å². The average molecular weight is 275 g/mol. The number of benzene rings is 3. The number of hydrogen-bond donors (Lipinski definition) is 0. The van der Waals surface area contributed by atoms with Crippen LogP contribution < -0.4 is 5.32 Å². The van der Waals surface area contributed by atoms with Crippen molar-refractivity contribution in [2.75, 3.05) is 26.2 Å². The first-order valence-corrected chi connectivity index (χ1v) is 7.67. The first kappa shape index (κ1) is 12.8. The van der Waals surface area contributed by atoms with E-state index in [1.165, 1.54) is 27.1 Å². The van der Waals surface area contributed by atoms with Gasteiger partial charge in [0.2, 0.25) is 0 Å². The topological polar surface area (TPSA) is 17.3 Å². The second-order valence-electron chi connectivity index (χ2n) is 5.74. The normalized spacial score (nSPS) is 16.6. The Kier molecular flexibility index (Phi) is 3.34. The van der Waals surface area contributed by atoms with E-state index in [4.69, 9.17) is 0 Å². The molecular formula is C19H19N2. The highest BCUT2D eigenvalue weighted by Crippen LogP contribution is 2.29. The van der Waals surface area contributed by atoms with Gasteiger partial charge >= 0.3 is 0 Å². The van der Waals surface area contributed by atoms with Crippen LogP contribution in [0.4, 0.5) is 0 Å². The second-order valence-corrected chi connectivity index (χ2v) is 5.74. The molecule has 105 valence electrons. The van der Waals surface area contributed by atoms with Crippen LogP contribution in [0.5, 0.6) is 0 Å². The van der Waals surface area contributed by atoms with Crippen molar-refractivity contribution in [3.05, 3.63) is 60.2 Å². The molecule has 0 amide bonds. The maximum Gasteiger partial charge on any atom is 0.0261 e. The Morgan fingerprint density at radius 3 is 2.00 bits per heavy atom. The van der Waals surface area contributed by atoms with Crippen LogP contribution in [0.1, 0.15) is 5.56 Å². The van der Waals surface area contributed by atoms with Crippen LogP contribution in [0.15, 0.2) is 54.6 Å². The molecule has 0 spiro atoms. The minimum absolute atomic E-state index is 0.975. The molecule has 0 atom stereocenters. The zero-order valence-electron chi connectivity index (χ0n) is 12.1. The van der Waals surface area contributed by atoms with Gasteiger partial charge in [-0.15, -0.1) is 0 Å². The number of nitrogens with zero attached hydrogens (tertiary/aromatic N) is 2. The van der Waals surface area contributed by atoms with Gasteiger partial charge in [0.05, 0.1) is 0 Å². The molecule has 0 aliphatic carbocycles. The molecule has 0 bridgehead atoms. The summed E-state index contributed by atoms with van der Waals surface area (Å²) in [6, 6.07) is 19.8. The van der Waals surface area contributed by atoms with Gasteiger partial charge in [0.1, 0.15) is 0 Å². The summed E-state index contributed by atoms with van der Waals surface area (Å²) in [6.45, 7) is 5.14. The Labute approximate surface area is 125 Å². The molecule has 1 aliphatic heterocycles. The molecule has 1 heterocycles. The molecule has 3 aromatic carbocycles. The third-order valence-corrected chi connectivity index (χ3v) is 4.41. The molecule has 2 heteroatoms.